The van der Waals surface area contributed by atoms with Crippen LogP contribution >= 0.6 is 11.3 Å². The molecule has 0 aliphatic carbocycles. The molecule has 0 amide bonds. The zero-order valence-electron chi connectivity index (χ0n) is 11.4. The van der Waals surface area contributed by atoms with Gasteiger partial charge >= 0.3 is 0 Å². The zero-order valence-corrected chi connectivity index (χ0v) is 12.2. The quantitative estimate of drug-likeness (QED) is 0.844. The highest BCUT2D eigenvalue weighted by molar-refractivity contribution is 7.07. The van der Waals surface area contributed by atoms with E-state index in [1.165, 1.54) is 11.3 Å². The van der Waals surface area contributed by atoms with Crippen LogP contribution in [0.1, 0.15) is 18.2 Å². The highest BCUT2D eigenvalue weighted by Gasteiger charge is 2.07. The summed E-state index contributed by atoms with van der Waals surface area (Å²) in [6.07, 6.45) is 1.96. The Bertz CT molecular complexity index is 485. The molecule has 0 saturated heterocycles. The number of rotatable bonds is 7. The first-order chi connectivity index (χ1) is 9.29. The monoisotopic (exact) mass is 276 g/mol. The van der Waals surface area contributed by atoms with Crippen molar-refractivity contribution >= 4 is 11.3 Å². The van der Waals surface area contributed by atoms with Crippen molar-refractivity contribution < 1.29 is 4.74 Å². The van der Waals surface area contributed by atoms with Gasteiger partial charge in [0.25, 0.3) is 0 Å². The fourth-order valence-electron chi connectivity index (χ4n) is 2.08. The molecule has 2 rings (SSSR count). The van der Waals surface area contributed by atoms with Crippen LogP contribution in [0.4, 0.5) is 0 Å². The van der Waals surface area contributed by atoms with Crippen LogP contribution in [-0.2, 0) is 12.8 Å². The van der Waals surface area contributed by atoms with E-state index in [4.69, 9.17) is 4.74 Å². The Kier molecular flexibility index (Phi) is 5.36. The van der Waals surface area contributed by atoms with E-state index in [1.807, 2.05) is 17.6 Å². The molecule has 1 aromatic heterocycles. The topological polar surface area (TPSA) is 34.1 Å². The maximum Gasteiger partial charge on any atom is 0.122 e. The first kappa shape index (κ1) is 14.0. The van der Waals surface area contributed by atoms with E-state index in [-0.39, 0.29) is 0 Å². The van der Waals surface area contributed by atoms with Crippen molar-refractivity contribution in [2.75, 3.05) is 13.7 Å². The maximum atomic E-state index is 5.37. The minimum absolute atomic E-state index is 0.426. The van der Waals surface area contributed by atoms with Crippen LogP contribution in [0.25, 0.3) is 0 Å². The third kappa shape index (κ3) is 4.33. The van der Waals surface area contributed by atoms with Gasteiger partial charge in [-0.05, 0) is 25.0 Å². The zero-order chi connectivity index (χ0) is 13.5. The van der Waals surface area contributed by atoms with E-state index in [9.17, 15) is 0 Å². The fraction of sp³-hybridized carbons (Fsp3) is 0.400. The molecule has 1 N–H and O–H groups in total. The average molecular weight is 276 g/mol. The second-order valence-corrected chi connectivity index (χ2v) is 5.32. The van der Waals surface area contributed by atoms with Gasteiger partial charge in [-0.25, -0.2) is 4.98 Å². The molecule has 0 fully saturated rings. The van der Waals surface area contributed by atoms with Crippen LogP contribution in [0, 0.1) is 0 Å². The van der Waals surface area contributed by atoms with Crippen LogP contribution < -0.4 is 10.1 Å². The van der Waals surface area contributed by atoms with E-state index in [2.05, 4.69) is 34.7 Å². The standard InChI is InChI=1S/C15H20N2OS/c1-12(16-8-7-14-10-19-11-17-14)9-13-5-3-4-6-15(13)18-2/h3-6,10-12,16H,7-9H2,1-2H3. The smallest absolute Gasteiger partial charge is 0.122 e. The molecule has 1 atom stereocenters. The first-order valence-corrected chi connectivity index (χ1v) is 7.46. The van der Waals surface area contributed by atoms with Crippen LogP contribution in [0.3, 0.4) is 0 Å². The van der Waals surface area contributed by atoms with Crippen molar-refractivity contribution in [3.63, 3.8) is 0 Å². The molecule has 2 aromatic rings. The van der Waals surface area contributed by atoms with Gasteiger partial charge in [0.2, 0.25) is 0 Å². The summed E-state index contributed by atoms with van der Waals surface area (Å²) in [5.74, 6) is 0.968. The van der Waals surface area contributed by atoms with Crippen molar-refractivity contribution in [1.29, 1.82) is 0 Å². The van der Waals surface area contributed by atoms with Gasteiger partial charge in [0.1, 0.15) is 5.75 Å². The third-order valence-electron chi connectivity index (χ3n) is 3.08. The minimum Gasteiger partial charge on any atom is -0.496 e. The number of aromatic nitrogens is 1. The number of thiazole rings is 1. The second-order valence-electron chi connectivity index (χ2n) is 4.60. The molecule has 0 aliphatic heterocycles. The highest BCUT2D eigenvalue weighted by Crippen LogP contribution is 2.18. The lowest BCUT2D eigenvalue weighted by Gasteiger charge is -2.15. The van der Waals surface area contributed by atoms with Gasteiger partial charge in [0.15, 0.2) is 0 Å². The van der Waals surface area contributed by atoms with Gasteiger partial charge in [-0.1, -0.05) is 18.2 Å². The molecule has 102 valence electrons. The number of nitrogens with one attached hydrogen (secondary N) is 1. The lowest BCUT2D eigenvalue weighted by molar-refractivity contribution is 0.406. The Morgan fingerprint density at radius 2 is 2.21 bits per heavy atom. The summed E-state index contributed by atoms with van der Waals surface area (Å²) < 4.78 is 5.37. The summed E-state index contributed by atoms with van der Waals surface area (Å²) >= 11 is 1.65. The summed E-state index contributed by atoms with van der Waals surface area (Å²) in [5.41, 5.74) is 4.30. The SMILES string of the molecule is COc1ccccc1CC(C)NCCc1cscn1. The largest absolute Gasteiger partial charge is 0.496 e. The van der Waals surface area contributed by atoms with Gasteiger partial charge in [-0.2, -0.15) is 0 Å². The van der Waals surface area contributed by atoms with Crippen molar-refractivity contribution in [2.24, 2.45) is 0 Å². The molecule has 0 saturated carbocycles. The van der Waals surface area contributed by atoms with Gasteiger partial charge in [-0.15, -0.1) is 11.3 Å². The molecule has 0 aliphatic rings. The maximum absolute atomic E-state index is 5.37. The van der Waals surface area contributed by atoms with Crippen LogP contribution in [0.2, 0.25) is 0 Å². The number of methoxy groups -OCH3 is 1. The lowest BCUT2D eigenvalue weighted by atomic mass is 10.1. The summed E-state index contributed by atoms with van der Waals surface area (Å²) in [5, 5.41) is 5.63. The summed E-state index contributed by atoms with van der Waals surface area (Å²) in [6, 6.07) is 8.62. The lowest BCUT2D eigenvalue weighted by Crippen LogP contribution is -2.30. The molecule has 0 radical (unpaired) electrons. The van der Waals surface area contributed by atoms with Gasteiger partial charge in [0, 0.05) is 24.4 Å². The molecule has 0 spiro atoms. The first-order valence-electron chi connectivity index (χ1n) is 6.52. The molecule has 4 heteroatoms. The number of hydrogen-bond acceptors (Lipinski definition) is 4. The molecule has 19 heavy (non-hydrogen) atoms. The van der Waals surface area contributed by atoms with E-state index >= 15 is 0 Å². The molecule has 1 unspecified atom stereocenters. The van der Waals surface area contributed by atoms with E-state index < -0.39 is 0 Å². The Morgan fingerprint density at radius 1 is 1.37 bits per heavy atom. The predicted octanol–water partition coefficient (Wildman–Crippen LogP) is 2.92. The Labute approximate surface area is 118 Å². The molecular formula is C15H20N2OS. The van der Waals surface area contributed by atoms with Gasteiger partial charge < -0.3 is 10.1 Å². The van der Waals surface area contributed by atoms with Crippen LogP contribution in [0.15, 0.2) is 35.2 Å². The van der Waals surface area contributed by atoms with Crippen molar-refractivity contribution in [2.45, 2.75) is 25.8 Å². The molecule has 3 nitrogen and oxygen atoms in total. The Morgan fingerprint density at radius 3 is 2.95 bits per heavy atom. The van der Waals surface area contributed by atoms with Crippen molar-refractivity contribution in [1.82, 2.24) is 10.3 Å². The number of nitrogens with zero attached hydrogens (tertiary/aromatic N) is 1. The number of ether oxygens (including phenoxy) is 1. The molecule has 0 bridgehead atoms. The molecule has 1 heterocycles. The molecule has 1 aromatic carbocycles. The van der Waals surface area contributed by atoms with Crippen LogP contribution in [-0.4, -0.2) is 24.7 Å². The van der Waals surface area contributed by atoms with E-state index in [0.29, 0.717) is 6.04 Å². The van der Waals surface area contributed by atoms with Crippen LogP contribution in [0.5, 0.6) is 5.75 Å². The highest BCUT2D eigenvalue weighted by atomic mass is 32.1. The number of benzene rings is 1. The van der Waals surface area contributed by atoms with Gasteiger partial charge in [0.05, 0.1) is 18.3 Å². The normalized spacial score (nSPS) is 12.3. The average Bonchev–Trinajstić information content (AvgIpc) is 2.92. The van der Waals surface area contributed by atoms with E-state index in [0.717, 1.165) is 25.1 Å². The van der Waals surface area contributed by atoms with Crippen molar-refractivity contribution in [3.8, 4) is 5.75 Å². The van der Waals surface area contributed by atoms with Gasteiger partial charge in [-0.3, -0.25) is 0 Å². The van der Waals surface area contributed by atoms with Crippen molar-refractivity contribution in [3.05, 3.63) is 46.4 Å². The summed E-state index contributed by atoms with van der Waals surface area (Å²) in [6.45, 7) is 3.16. The third-order valence-corrected chi connectivity index (χ3v) is 3.71. The Balaban J connectivity index is 1.79. The molecular weight excluding hydrogens is 256 g/mol. The number of hydrogen-bond donors (Lipinski definition) is 1. The van der Waals surface area contributed by atoms with E-state index in [1.54, 1.807) is 18.4 Å². The number of para-hydroxylation sites is 1. The predicted molar refractivity (Wildman–Crippen MR) is 80.0 cm³/mol. The summed E-state index contributed by atoms with van der Waals surface area (Å²) in [4.78, 5) is 4.28. The minimum atomic E-state index is 0.426. The second kappa shape index (κ2) is 7.26. The summed E-state index contributed by atoms with van der Waals surface area (Å²) in [7, 11) is 1.72. The Hall–Kier alpha value is -1.39. The fourth-order valence-corrected chi connectivity index (χ4v) is 2.67.